The van der Waals surface area contributed by atoms with Crippen LogP contribution in [0.4, 0.5) is 0 Å². The van der Waals surface area contributed by atoms with Crippen molar-refractivity contribution in [1.29, 1.82) is 0 Å². The molecule has 0 saturated carbocycles. The largest absolute Gasteiger partial charge is 0.330 e. The molecule has 1 rings (SSSR count). The minimum atomic E-state index is 0.526. The van der Waals surface area contributed by atoms with Crippen molar-refractivity contribution in [2.45, 2.75) is 39.5 Å². The number of hydrogen-bond acceptors (Lipinski definition) is 3. The fourth-order valence-electron chi connectivity index (χ4n) is 1.33. The average molecular weight is 198 g/mol. The molecule has 1 aromatic rings. The van der Waals surface area contributed by atoms with E-state index in [1.54, 1.807) is 0 Å². The number of thiazole rings is 1. The Morgan fingerprint density at radius 1 is 1.46 bits per heavy atom. The summed E-state index contributed by atoms with van der Waals surface area (Å²) in [5.74, 6) is 0.526. The molecule has 0 bridgehead atoms. The molecule has 1 aromatic heterocycles. The molecular weight excluding hydrogens is 180 g/mol. The molecule has 0 radical (unpaired) electrons. The Labute approximate surface area is 84.2 Å². The fourth-order valence-corrected chi connectivity index (χ4v) is 2.51. The third kappa shape index (κ3) is 2.51. The summed E-state index contributed by atoms with van der Waals surface area (Å²) in [5, 5.41) is 1.24. The molecule has 0 amide bonds. The van der Waals surface area contributed by atoms with Crippen molar-refractivity contribution in [3.8, 4) is 0 Å². The quantitative estimate of drug-likeness (QED) is 0.806. The van der Waals surface area contributed by atoms with Gasteiger partial charge in [0.05, 0.1) is 10.7 Å². The van der Waals surface area contributed by atoms with Crippen LogP contribution in [0.25, 0.3) is 0 Å². The van der Waals surface area contributed by atoms with Crippen LogP contribution in [0.2, 0.25) is 0 Å². The van der Waals surface area contributed by atoms with E-state index in [0.717, 1.165) is 19.4 Å². The predicted octanol–water partition coefficient (Wildman–Crippen LogP) is 2.33. The van der Waals surface area contributed by atoms with E-state index in [2.05, 4.69) is 25.8 Å². The van der Waals surface area contributed by atoms with Crippen molar-refractivity contribution in [3.63, 3.8) is 0 Å². The Morgan fingerprint density at radius 2 is 2.15 bits per heavy atom. The van der Waals surface area contributed by atoms with E-state index >= 15 is 0 Å². The van der Waals surface area contributed by atoms with E-state index in [9.17, 15) is 0 Å². The molecule has 0 aliphatic carbocycles. The van der Waals surface area contributed by atoms with Crippen LogP contribution in [0.5, 0.6) is 0 Å². The summed E-state index contributed by atoms with van der Waals surface area (Å²) in [5.41, 5.74) is 6.82. The first-order valence-corrected chi connectivity index (χ1v) is 5.69. The Kier molecular flexibility index (Phi) is 3.88. The van der Waals surface area contributed by atoms with Gasteiger partial charge in [0.15, 0.2) is 0 Å². The smallest absolute Gasteiger partial charge is 0.0928 e. The zero-order valence-electron chi connectivity index (χ0n) is 8.63. The molecular formula is C10H18N2S. The lowest BCUT2D eigenvalue weighted by molar-refractivity contribution is 0.801. The van der Waals surface area contributed by atoms with Crippen LogP contribution in [0.1, 0.15) is 42.3 Å². The third-order valence-electron chi connectivity index (χ3n) is 1.99. The Bertz CT molecular complexity index is 266. The number of nitrogens with zero attached hydrogens (tertiary/aromatic N) is 1. The molecule has 2 N–H and O–H groups in total. The molecule has 0 aliphatic heterocycles. The maximum atomic E-state index is 5.56. The van der Waals surface area contributed by atoms with Crippen LogP contribution in [0, 0.1) is 0 Å². The lowest BCUT2D eigenvalue weighted by atomic mass is 10.1. The number of hydrogen-bond donors (Lipinski definition) is 1. The van der Waals surface area contributed by atoms with Gasteiger partial charge in [0.2, 0.25) is 0 Å². The highest BCUT2D eigenvalue weighted by Crippen LogP contribution is 2.25. The maximum absolute atomic E-state index is 5.56. The molecule has 13 heavy (non-hydrogen) atoms. The minimum Gasteiger partial charge on any atom is -0.330 e. The summed E-state index contributed by atoms with van der Waals surface area (Å²) in [6.45, 7) is 7.25. The summed E-state index contributed by atoms with van der Waals surface area (Å²) in [6.07, 6.45) is 2.01. The first-order valence-electron chi connectivity index (χ1n) is 4.87. The fraction of sp³-hybridized carbons (Fsp3) is 0.700. The van der Waals surface area contributed by atoms with Crippen molar-refractivity contribution in [2.24, 2.45) is 5.73 Å². The maximum Gasteiger partial charge on any atom is 0.0928 e. The van der Waals surface area contributed by atoms with Gasteiger partial charge in [-0.05, 0) is 25.3 Å². The van der Waals surface area contributed by atoms with Crippen LogP contribution in [0.15, 0.2) is 0 Å². The summed E-state index contributed by atoms with van der Waals surface area (Å²) in [7, 11) is 0. The van der Waals surface area contributed by atoms with Crippen molar-refractivity contribution in [2.75, 3.05) is 6.54 Å². The molecule has 0 aromatic carbocycles. The summed E-state index contributed by atoms with van der Waals surface area (Å²) in [4.78, 5) is 5.99. The topological polar surface area (TPSA) is 38.9 Å². The second kappa shape index (κ2) is 4.72. The van der Waals surface area contributed by atoms with Crippen LogP contribution in [-0.2, 0) is 12.8 Å². The lowest BCUT2D eigenvalue weighted by Crippen LogP contribution is -2.04. The van der Waals surface area contributed by atoms with Gasteiger partial charge >= 0.3 is 0 Å². The van der Waals surface area contributed by atoms with Gasteiger partial charge in [-0.3, -0.25) is 0 Å². The van der Waals surface area contributed by atoms with Gasteiger partial charge in [-0.1, -0.05) is 20.8 Å². The highest BCUT2D eigenvalue weighted by molar-refractivity contribution is 7.11. The van der Waals surface area contributed by atoms with Gasteiger partial charge < -0.3 is 5.73 Å². The van der Waals surface area contributed by atoms with Gasteiger partial charge in [0.1, 0.15) is 0 Å². The number of rotatable bonds is 4. The summed E-state index contributed by atoms with van der Waals surface area (Å²) < 4.78 is 0. The van der Waals surface area contributed by atoms with Crippen molar-refractivity contribution in [1.82, 2.24) is 4.98 Å². The first-order chi connectivity index (χ1) is 6.19. The normalized spacial score (nSPS) is 11.2. The van der Waals surface area contributed by atoms with Gasteiger partial charge in [0, 0.05) is 4.88 Å². The summed E-state index contributed by atoms with van der Waals surface area (Å²) >= 11 is 1.82. The van der Waals surface area contributed by atoms with E-state index < -0.39 is 0 Å². The van der Waals surface area contributed by atoms with E-state index in [4.69, 9.17) is 5.73 Å². The lowest BCUT2D eigenvalue weighted by Gasteiger charge is -2.02. The van der Waals surface area contributed by atoms with Crippen molar-refractivity contribution >= 4 is 11.3 Å². The van der Waals surface area contributed by atoms with Gasteiger partial charge in [-0.2, -0.15) is 0 Å². The SMILES string of the molecule is CCc1nc(C(C)C)c(CCN)s1. The van der Waals surface area contributed by atoms with E-state index in [-0.39, 0.29) is 0 Å². The van der Waals surface area contributed by atoms with E-state index in [1.165, 1.54) is 15.6 Å². The second-order valence-electron chi connectivity index (χ2n) is 3.46. The molecule has 1 heterocycles. The molecule has 2 nitrogen and oxygen atoms in total. The van der Waals surface area contributed by atoms with Gasteiger partial charge in [0.25, 0.3) is 0 Å². The highest BCUT2D eigenvalue weighted by atomic mass is 32.1. The second-order valence-corrected chi connectivity index (χ2v) is 4.63. The Hall–Kier alpha value is -0.410. The zero-order valence-corrected chi connectivity index (χ0v) is 9.45. The molecule has 0 aliphatic rings. The van der Waals surface area contributed by atoms with Crippen molar-refractivity contribution in [3.05, 3.63) is 15.6 Å². The molecule has 0 saturated heterocycles. The minimum absolute atomic E-state index is 0.526. The number of aromatic nitrogens is 1. The number of nitrogens with two attached hydrogens (primary N) is 1. The summed E-state index contributed by atoms with van der Waals surface area (Å²) in [6, 6.07) is 0. The van der Waals surface area contributed by atoms with Crippen LogP contribution in [-0.4, -0.2) is 11.5 Å². The monoisotopic (exact) mass is 198 g/mol. The first kappa shape index (κ1) is 10.7. The Morgan fingerprint density at radius 3 is 2.62 bits per heavy atom. The van der Waals surface area contributed by atoms with E-state index in [1.807, 2.05) is 11.3 Å². The molecule has 0 atom stereocenters. The van der Waals surface area contributed by atoms with Crippen LogP contribution in [0.3, 0.4) is 0 Å². The van der Waals surface area contributed by atoms with Gasteiger partial charge in [-0.15, -0.1) is 11.3 Å². The third-order valence-corrected chi connectivity index (χ3v) is 3.27. The van der Waals surface area contributed by atoms with Gasteiger partial charge in [-0.25, -0.2) is 4.98 Å². The van der Waals surface area contributed by atoms with Crippen molar-refractivity contribution < 1.29 is 0 Å². The molecule has 74 valence electrons. The standard InChI is InChI=1S/C10H18N2S/c1-4-9-12-10(7(2)3)8(13-9)5-6-11/h7H,4-6,11H2,1-3H3. The molecule has 0 spiro atoms. The Balaban J connectivity index is 2.93. The zero-order chi connectivity index (χ0) is 9.84. The molecule has 0 unspecified atom stereocenters. The van der Waals surface area contributed by atoms with Crippen LogP contribution >= 0.6 is 11.3 Å². The molecule has 3 heteroatoms. The molecule has 0 fully saturated rings. The average Bonchev–Trinajstić information content (AvgIpc) is 2.48. The number of aryl methyl sites for hydroxylation is 1. The predicted molar refractivity (Wildman–Crippen MR) is 58.3 cm³/mol. The van der Waals surface area contributed by atoms with E-state index in [0.29, 0.717) is 5.92 Å². The van der Waals surface area contributed by atoms with Crippen LogP contribution < -0.4 is 5.73 Å². The highest BCUT2D eigenvalue weighted by Gasteiger charge is 2.12.